The fourth-order valence-corrected chi connectivity index (χ4v) is 4.38. The Morgan fingerprint density at radius 3 is 1.54 bits per heavy atom. The van der Waals surface area contributed by atoms with Gasteiger partial charge < -0.3 is 54.7 Å². The molecule has 208 valence electrons. The molecular weight excluding hydrogens is 464 g/mol. The van der Waals surface area contributed by atoms with E-state index in [1.165, 1.54) is 44.9 Å². The first-order valence-corrected chi connectivity index (χ1v) is 13.0. The van der Waals surface area contributed by atoms with Gasteiger partial charge in [0.25, 0.3) is 0 Å². The van der Waals surface area contributed by atoms with Gasteiger partial charge in [-0.1, -0.05) is 64.7 Å². The van der Waals surface area contributed by atoms with E-state index < -0.39 is 68.0 Å². The molecule has 0 aromatic carbocycles. The summed E-state index contributed by atoms with van der Waals surface area (Å²) in [5.41, 5.74) is 0. The highest BCUT2D eigenvalue weighted by atomic mass is 16.7. The van der Waals surface area contributed by atoms with E-state index in [-0.39, 0.29) is 6.61 Å². The summed E-state index contributed by atoms with van der Waals surface area (Å²) in [5.74, 6) is 0. The molecule has 35 heavy (non-hydrogen) atoms. The van der Waals surface area contributed by atoms with Crippen LogP contribution in [0.2, 0.25) is 0 Å². The Hall–Kier alpha value is -0.440. The molecule has 2 rings (SSSR count). The van der Waals surface area contributed by atoms with Gasteiger partial charge >= 0.3 is 0 Å². The molecule has 2 aliphatic rings. The van der Waals surface area contributed by atoms with Gasteiger partial charge in [-0.15, -0.1) is 0 Å². The summed E-state index contributed by atoms with van der Waals surface area (Å²) >= 11 is 0. The molecule has 2 fully saturated rings. The van der Waals surface area contributed by atoms with Crippen LogP contribution in [0.15, 0.2) is 0 Å². The van der Waals surface area contributed by atoms with Crippen LogP contribution < -0.4 is 0 Å². The van der Waals surface area contributed by atoms with Crippen molar-refractivity contribution in [3.05, 3.63) is 0 Å². The van der Waals surface area contributed by atoms with Gasteiger partial charge in [0, 0.05) is 6.61 Å². The summed E-state index contributed by atoms with van der Waals surface area (Å²) in [6, 6.07) is 0. The van der Waals surface area contributed by atoms with Gasteiger partial charge in [-0.25, -0.2) is 0 Å². The second kappa shape index (κ2) is 16.4. The number of hydrogen-bond acceptors (Lipinski definition) is 11. The van der Waals surface area contributed by atoms with Crippen molar-refractivity contribution in [1.82, 2.24) is 0 Å². The minimum absolute atomic E-state index is 0.321. The molecule has 0 amide bonds. The second-order valence-electron chi connectivity index (χ2n) is 9.60. The second-order valence-corrected chi connectivity index (χ2v) is 9.60. The predicted molar refractivity (Wildman–Crippen MR) is 124 cm³/mol. The lowest BCUT2D eigenvalue weighted by atomic mass is 9.98. The molecule has 0 radical (unpaired) electrons. The normalized spacial score (nSPS) is 38.1. The van der Waals surface area contributed by atoms with E-state index in [1.807, 2.05) is 0 Å². The molecule has 7 N–H and O–H groups in total. The summed E-state index contributed by atoms with van der Waals surface area (Å²) < 4.78 is 21.9. The van der Waals surface area contributed by atoms with Crippen LogP contribution in [0.3, 0.4) is 0 Å². The van der Waals surface area contributed by atoms with Crippen LogP contribution in [0.5, 0.6) is 0 Å². The molecule has 0 aromatic rings. The zero-order valence-corrected chi connectivity index (χ0v) is 20.7. The summed E-state index contributed by atoms with van der Waals surface area (Å²) in [6.45, 7) is 1.56. The maximum atomic E-state index is 10.3. The Morgan fingerprint density at radius 2 is 1.00 bits per heavy atom. The van der Waals surface area contributed by atoms with Gasteiger partial charge in [0.15, 0.2) is 12.6 Å². The minimum atomic E-state index is -1.60. The SMILES string of the molecule is CCCCCCCCCCCCOC1O[C@H](CO[C@H]2O[C@H](CO)[C@@H](O)[C@H](O)[C@H]2O)[C@@H](O)[C@H](O)[C@H]1O. The molecule has 10 atom stereocenters. The maximum Gasteiger partial charge on any atom is 0.186 e. The van der Waals surface area contributed by atoms with Crippen molar-refractivity contribution in [1.29, 1.82) is 0 Å². The Kier molecular flexibility index (Phi) is 14.4. The van der Waals surface area contributed by atoms with Crippen LogP contribution in [-0.2, 0) is 18.9 Å². The smallest absolute Gasteiger partial charge is 0.186 e. The fourth-order valence-electron chi connectivity index (χ4n) is 4.38. The van der Waals surface area contributed by atoms with Crippen molar-refractivity contribution in [3.8, 4) is 0 Å². The van der Waals surface area contributed by atoms with Gasteiger partial charge in [0.1, 0.15) is 48.8 Å². The summed E-state index contributed by atoms with van der Waals surface area (Å²) in [7, 11) is 0. The summed E-state index contributed by atoms with van der Waals surface area (Å²) in [5, 5.41) is 69.7. The van der Waals surface area contributed by atoms with Crippen LogP contribution >= 0.6 is 0 Å². The first-order chi connectivity index (χ1) is 16.8. The lowest BCUT2D eigenvalue weighted by Crippen LogP contribution is -2.61. The largest absolute Gasteiger partial charge is 0.394 e. The molecule has 2 aliphatic heterocycles. The molecule has 11 heteroatoms. The van der Waals surface area contributed by atoms with Crippen LogP contribution in [0, 0.1) is 0 Å². The highest BCUT2D eigenvalue weighted by molar-refractivity contribution is 4.91. The first-order valence-electron chi connectivity index (χ1n) is 13.0. The van der Waals surface area contributed by atoms with E-state index in [0.29, 0.717) is 6.61 Å². The molecule has 0 bridgehead atoms. The number of aliphatic hydroxyl groups is 7. The van der Waals surface area contributed by atoms with Crippen molar-refractivity contribution in [3.63, 3.8) is 0 Å². The summed E-state index contributed by atoms with van der Waals surface area (Å²) in [6.07, 6.45) is -2.35. The third-order valence-electron chi connectivity index (χ3n) is 6.72. The van der Waals surface area contributed by atoms with E-state index in [9.17, 15) is 35.7 Å². The van der Waals surface area contributed by atoms with E-state index in [2.05, 4.69) is 6.92 Å². The standard InChI is InChI=1S/C24H46O11/c1-2-3-4-5-6-7-8-9-10-11-12-32-23-21(30)20(29)18(27)16(35-23)14-33-24-22(31)19(28)17(26)15(13-25)34-24/h15-31H,2-14H2,1H3/t15-,16-,17-,18-,19+,20+,21-,22-,23?,24+/m1/s1. The van der Waals surface area contributed by atoms with E-state index in [1.54, 1.807) is 0 Å². The van der Waals surface area contributed by atoms with Gasteiger partial charge in [0.05, 0.1) is 13.2 Å². The number of hydrogen-bond donors (Lipinski definition) is 7. The van der Waals surface area contributed by atoms with Crippen LogP contribution in [0.1, 0.15) is 71.1 Å². The monoisotopic (exact) mass is 510 g/mol. The number of rotatable bonds is 16. The zero-order valence-electron chi connectivity index (χ0n) is 20.7. The predicted octanol–water partition coefficient (Wildman–Crippen LogP) is -0.452. The van der Waals surface area contributed by atoms with E-state index >= 15 is 0 Å². The first kappa shape index (κ1) is 30.8. The molecular formula is C24H46O11. The number of unbranched alkanes of at least 4 members (excludes halogenated alkanes) is 9. The molecule has 2 saturated heterocycles. The number of aliphatic hydroxyl groups excluding tert-OH is 7. The highest BCUT2D eigenvalue weighted by Crippen LogP contribution is 2.26. The lowest BCUT2D eigenvalue weighted by molar-refractivity contribution is -0.331. The van der Waals surface area contributed by atoms with Gasteiger partial charge in [-0.3, -0.25) is 0 Å². The minimum Gasteiger partial charge on any atom is -0.394 e. The van der Waals surface area contributed by atoms with Gasteiger partial charge in [0.2, 0.25) is 0 Å². The van der Waals surface area contributed by atoms with E-state index in [0.717, 1.165) is 19.3 Å². The Morgan fingerprint density at radius 1 is 0.543 bits per heavy atom. The van der Waals surface area contributed by atoms with Crippen LogP contribution in [0.25, 0.3) is 0 Å². The molecule has 0 aliphatic carbocycles. The molecule has 11 nitrogen and oxygen atoms in total. The van der Waals surface area contributed by atoms with Crippen molar-refractivity contribution in [2.24, 2.45) is 0 Å². The highest BCUT2D eigenvalue weighted by Gasteiger charge is 2.47. The van der Waals surface area contributed by atoms with E-state index in [4.69, 9.17) is 18.9 Å². The maximum absolute atomic E-state index is 10.3. The lowest BCUT2D eigenvalue weighted by Gasteiger charge is -2.42. The average Bonchev–Trinajstić information content (AvgIpc) is 2.86. The van der Waals surface area contributed by atoms with Crippen molar-refractivity contribution in [2.45, 2.75) is 133 Å². The molecule has 2 heterocycles. The van der Waals surface area contributed by atoms with Crippen molar-refractivity contribution >= 4 is 0 Å². The Bertz CT molecular complexity index is 552. The third kappa shape index (κ3) is 9.42. The third-order valence-corrected chi connectivity index (χ3v) is 6.72. The van der Waals surface area contributed by atoms with Crippen LogP contribution in [-0.4, -0.2) is 117 Å². The topological polar surface area (TPSA) is 179 Å². The summed E-state index contributed by atoms with van der Waals surface area (Å²) in [4.78, 5) is 0. The van der Waals surface area contributed by atoms with Gasteiger partial charge in [-0.05, 0) is 6.42 Å². The molecule has 1 unspecified atom stereocenters. The molecule has 0 saturated carbocycles. The molecule has 0 spiro atoms. The van der Waals surface area contributed by atoms with Crippen molar-refractivity contribution < 1.29 is 54.7 Å². The Labute approximate surface area is 207 Å². The number of ether oxygens (including phenoxy) is 4. The van der Waals surface area contributed by atoms with Gasteiger partial charge in [-0.2, -0.15) is 0 Å². The Balaban J connectivity index is 1.70. The average molecular weight is 511 g/mol. The molecule has 0 aromatic heterocycles. The quantitative estimate of drug-likeness (QED) is 0.134. The zero-order chi connectivity index (χ0) is 25.8. The van der Waals surface area contributed by atoms with Crippen LogP contribution in [0.4, 0.5) is 0 Å². The van der Waals surface area contributed by atoms with Crippen molar-refractivity contribution in [2.75, 3.05) is 19.8 Å². The fraction of sp³-hybridized carbons (Fsp3) is 1.00.